The van der Waals surface area contributed by atoms with Crippen LogP contribution in [0.3, 0.4) is 0 Å². The first-order chi connectivity index (χ1) is 14.3. The molecule has 1 heterocycles. The van der Waals surface area contributed by atoms with Crippen molar-refractivity contribution in [2.75, 3.05) is 20.1 Å². The molecule has 0 saturated heterocycles. The molecule has 168 valence electrons. The van der Waals surface area contributed by atoms with Crippen molar-refractivity contribution >= 4 is 11.9 Å². The molecule has 0 aromatic rings. The first-order valence-electron chi connectivity index (χ1n) is 12.3. The van der Waals surface area contributed by atoms with Gasteiger partial charge in [0.15, 0.2) is 0 Å². The molecule has 0 aromatic carbocycles. The van der Waals surface area contributed by atoms with E-state index in [9.17, 15) is 9.59 Å². The third-order valence-electron chi connectivity index (χ3n) is 9.65. The second-order valence-corrected chi connectivity index (χ2v) is 10.9. The van der Waals surface area contributed by atoms with Crippen LogP contribution in [0.4, 0.5) is 4.79 Å². The van der Waals surface area contributed by atoms with Gasteiger partial charge in [0.25, 0.3) is 0 Å². The van der Waals surface area contributed by atoms with E-state index < -0.39 is 0 Å². The van der Waals surface area contributed by atoms with E-state index in [0.29, 0.717) is 23.3 Å². The van der Waals surface area contributed by atoms with Gasteiger partial charge in [-0.1, -0.05) is 33.3 Å². The van der Waals surface area contributed by atoms with Crippen LogP contribution in [0.15, 0.2) is 12.2 Å². The van der Waals surface area contributed by atoms with Gasteiger partial charge in [-0.2, -0.15) is 0 Å². The number of rotatable bonds is 5. The summed E-state index contributed by atoms with van der Waals surface area (Å²) >= 11 is 0. The number of fused-ring (bicyclic) bond motifs is 5. The van der Waals surface area contributed by atoms with Crippen molar-refractivity contribution < 1.29 is 9.59 Å². The van der Waals surface area contributed by atoms with Gasteiger partial charge in [-0.05, 0) is 80.1 Å². The lowest BCUT2D eigenvalue weighted by atomic mass is 9.47. The third kappa shape index (κ3) is 3.46. The predicted molar refractivity (Wildman–Crippen MR) is 120 cm³/mol. The van der Waals surface area contributed by atoms with Gasteiger partial charge in [-0.15, -0.1) is 0 Å². The minimum atomic E-state index is -0.00254. The van der Waals surface area contributed by atoms with Crippen molar-refractivity contribution in [3.05, 3.63) is 12.2 Å². The largest absolute Gasteiger partial charge is 0.338 e. The summed E-state index contributed by atoms with van der Waals surface area (Å²) < 4.78 is 0. The fourth-order valence-corrected chi connectivity index (χ4v) is 7.84. The van der Waals surface area contributed by atoms with Gasteiger partial charge in [0.1, 0.15) is 0 Å². The number of amides is 3. The van der Waals surface area contributed by atoms with Crippen LogP contribution in [-0.4, -0.2) is 43.0 Å². The quantitative estimate of drug-likeness (QED) is 0.656. The Morgan fingerprint density at radius 2 is 1.93 bits per heavy atom. The highest BCUT2D eigenvalue weighted by Gasteiger charge is 2.60. The fourth-order valence-electron chi connectivity index (χ4n) is 7.84. The molecule has 4 rings (SSSR count). The lowest BCUT2D eigenvalue weighted by Crippen LogP contribution is -2.59. The van der Waals surface area contributed by atoms with Crippen LogP contribution in [0.1, 0.15) is 72.1 Å². The average molecular weight is 416 g/mol. The minimum Gasteiger partial charge on any atom is -0.338 e. The standard InChI is InChI=1S/C25H41N3O2/c1-5-6-15-26-23(30)27-16-17-7-9-19-18-8-10-21-25(3,14-12-22(29)28(21)4)20(18)11-13-24(17,19)2/h12,14,17-21H,5-11,13,15-16H2,1-4H3,(H2,26,27,30)/t17-,18+,19+,20+,21-,24-,25-/m1/s1. The maximum Gasteiger partial charge on any atom is 0.314 e. The number of hydrogen-bond donors (Lipinski definition) is 2. The van der Waals surface area contributed by atoms with Gasteiger partial charge in [0.05, 0.1) is 0 Å². The minimum absolute atomic E-state index is 0.00254. The number of hydrogen-bond acceptors (Lipinski definition) is 2. The maximum absolute atomic E-state index is 12.2. The molecule has 5 nitrogen and oxygen atoms in total. The molecule has 3 saturated carbocycles. The van der Waals surface area contributed by atoms with E-state index in [-0.39, 0.29) is 17.4 Å². The third-order valence-corrected chi connectivity index (χ3v) is 9.65. The van der Waals surface area contributed by atoms with Crippen molar-refractivity contribution in [2.45, 2.75) is 78.2 Å². The van der Waals surface area contributed by atoms with Crippen LogP contribution < -0.4 is 10.6 Å². The van der Waals surface area contributed by atoms with Gasteiger partial charge in [0, 0.05) is 31.6 Å². The number of nitrogens with one attached hydrogen (secondary N) is 2. The second kappa shape index (κ2) is 8.20. The normalized spacial score (nSPS) is 42.3. The van der Waals surface area contributed by atoms with Crippen LogP contribution in [0.2, 0.25) is 0 Å². The summed E-state index contributed by atoms with van der Waals surface area (Å²) in [4.78, 5) is 26.4. The van der Waals surface area contributed by atoms with Gasteiger partial charge >= 0.3 is 6.03 Å². The molecule has 3 amide bonds. The van der Waals surface area contributed by atoms with Gasteiger partial charge in [0.2, 0.25) is 5.91 Å². The summed E-state index contributed by atoms with van der Waals surface area (Å²) in [6.45, 7) is 8.62. The Balaban J connectivity index is 1.43. The van der Waals surface area contributed by atoms with Crippen LogP contribution in [0.5, 0.6) is 0 Å². The molecular weight excluding hydrogens is 374 g/mol. The number of carbonyl (C=O) groups is 2. The molecule has 4 aliphatic rings. The van der Waals surface area contributed by atoms with Crippen LogP contribution in [0, 0.1) is 34.5 Å². The molecule has 5 heteroatoms. The zero-order valence-electron chi connectivity index (χ0n) is 19.4. The van der Waals surface area contributed by atoms with Crippen LogP contribution in [-0.2, 0) is 4.79 Å². The molecule has 3 fully saturated rings. The van der Waals surface area contributed by atoms with Crippen molar-refractivity contribution in [1.29, 1.82) is 0 Å². The molecule has 30 heavy (non-hydrogen) atoms. The molecular formula is C25H41N3O2. The van der Waals surface area contributed by atoms with E-state index in [0.717, 1.165) is 44.2 Å². The molecule has 0 unspecified atom stereocenters. The Bertz CT molecular complexity index is 707. The van der Waals surface area contributed by atoms with Crippen LogP contribution in [0.25, 0.3) is 0 Å². The number of likely N-dealkylation sites (N-methyl/N-ethyl adjacent to an activating group) is 1. The number of nitrogens with zero attached hydrogens (tertiary/aromatic N) is 1. The highest BCUT2D eigenvalue weighted by Crippen LogP contribution is 2.65. The zero-order chi connectivity index (χ0) is 21.5. The van der Waals surface area contributed by atoms with Crippen molar-refractivity contribution in [2.24, 2.45) is 34.5 Å². The van der Waals surface area contributed by atoms with E-state index in [1.807, 2.05) is 18.0 Å². The first kappa shape index (κ1) is 21.7. The van der Waals surface area contributed by atoms with E-state index in [2.05, 4.69) is 37.5 Å². The summed E-state index contributed by atoms with van der Waals surface area (Å²) in [7, 11) is 1.99. The zero-order valence-corrected chi connectivity index (χ0v) is 19.4. The highest BCUT2D eigenvalue weighted by molar-refractivity contribution is 5.89. The number of urea groups is 1. The topological polar surface area (TPSA) is 61.4 Å². The molecule has 1 aliphatic heterocycles. The number of unbranched alkanes of at least 4 members (excludes halogenated alkanes) is 1. The average Bonchev–Trinajstić information content (AvgIpc) is 3.06. The lowest BCUT2D eigenvalue weighted by Gasteiger charge is -2.60. The molecule has 0 spiro atoms. The Morgan fingerprint density at radius 3 is 2.70 bits per heavy atom. The maximum atomic E-state index is 12.2. The van der Waals surface area contributed by atoms with E-state index in [1.165, 1.54) is 32.1 Å². The molecule has 0 radical (unpaired) electrons. The summed E-state index contributed by atoms with van der Waals surface area (Å²) in [5.41, 5.74) is 0.448. The smallest absolute Gasteiger partial charge is 0.314 e. The van der Waals surface area contributed by atoms with E-state index >= 15 is 0 Å². The van der Waals surface area contributed by atoms with Crippen LogP contribution >= 0.6 is 0 Å². The Kier molecular flexibility index (Phi) is 5.93. The summed E-state index contributed by atoms with van der Waals surface area (Å²) in [5, 5.41) is 6.16. The Hall–Kier alpha value is -1.52. The highest BCUT2D eigenvalue weighted by atomic mass is 16.2. The predicted octanol–water partition coefficient (Wildman–Crippen LogP) is 4.34. The summed E-state index contributed by atoms with van der Waals surface area (Å²) in [5.74, 6) is 2.92. The fraction of sp³-hybridized carbons (Fsp3) is 0.840. The first-order valence-corrected chi connectivity index (χ1v) is 12.3. The molecule has 2 N–H and O–H groups in total. The SMILES string of the molecule is CCCCNC(=O)NC[C@H]1CC[C@H]2[C@@H]3CC[C@H]4N(C)C(=O)C=C[C@]4(C)[C@H]3CC[C@]12C. The summed E-state index contributed by atoms with van der Waals surface area (Å²) in [6.07, 6.45) is 13.6. The van der Waals surface area contributed by atoms with Gasteiger partial charge in [-0.25, -0.2) is 4.79 Å². The summed E-state index contributed by atoms with van der Waals surface area (Å²) in [6, 6.07) is 0.351. The molecule has 3 aliphatic carbocycles. The lowest BCUT2D eigenvalue weighted by molar-refractivity contribution is -0.138. The van der Waals surface area contributed by atoms with Crippen molar-refractivity contribution in [3.63, 3.8) is 0 Å². The van der Waals surface area contributed by atoms with Gasteiger partial charge < -0.3 is 15.5 Å². The van der Waals surface area contributed by atoms with Gasteiger partial charge in [-0.3, -0.25) is 4.79 Å². The van der Waals surface area contributed by atoms with E-state index in [1.54, 1.807) is 0 Å². The second-order valence-electron chi connectivity index (χ2n) is 10.9. The number of carbonyl (C=O) groups excluding carboxylic acids is 2. The Morgan fingerprint density at radius 1 is 1.13 bits per heavy atom. The Labute approximate surface area is 182 Å². The van der Waals surface area contributed by atoms with Crippen molar-refractivity contribution in [1.82, 2.24) is 15.5 Å². The molecule has 0 bridgehead atoms. The molecule has 7 atom stereocenters. The van der Waals surface area contributed by atoms with E-state index in [4.69, 9.17) is 0 Å². The van der Waals surface area contributed by atoms with Crippen molar-refractivity contribution in [3.8, 4) is 0 Å². The monoisotopic (exact) mass is 415 g/mol. The molecule has 0 aromatic heterocycles.